The lowest BCUT2D eigenvalue weighted by Crippen LogP contribution is -2.21. The Morgan fingerprint density at radius 2 is 1.77 bits per heavy atom. The third-order valence-corrected chi connectivity index (χ3v) is 7.50. The van der Waals surface area contributed by atoms with Gasteiger partial charge in [-0.05, 0) is 64.9 Å². The molecule has 198 valence electrons. The molecule has 1 N–H and O–H groups in total. The summed E-state index contributed by atoms with van der Waals surface area (Å²) in [4.78, 5) is 12.7. The van der Waals surface area contributed by atoms with E-state index in [9.17, 15) is 4.79 Å². The van der Waals surface area contributed by atoms with Gasteiger partial charge in [-0.3, -0.25) is 0 Å². The first-order valence-corrected chi connectivity index (χ1v) is 13.7. The minimum atomic E-state index is -0.370. The van der Waals surface area contributed by atoms with Crippen molar-refractivity contribution in [1.82, 2.24) is 0 Å². The van der Waals surface area contributed by atoms with E-state index >= 15 is 0 Å². The lowest BCUT2D eigenvalue weighted by molar-refractivity contribution is 0.0600. The second-order valence-electron chi connectivity index (χ2n) is 10.1. The van der Waals surface area contributed by atoms with Gasteiger partial charge in [-0.1, -0.05) is 82.3 Å². The highest BCUT2D eigenvalue weighted by Gasteiger charge is 2.24. The van der Waals surface area contributed by atoms with Gasteiger partial charge in [0.25, 0.3) is 0 Å². The van der Waals surface area contributed by atoms with E-state index in [-0.39, 0.29) is 5.97 Å². The number of hydrogen-bond donors (Lipinski definition) is 1. The minimum absolute atomic E-state index is 0.370. The highest BCUT2D eigenvalue weighted by atomic mass is 16.5. The molecular formula is C35H35NO3. The summed E-state index contributed by atoms with van der Waals surface area (Å²) in [5.41, 5.74) is 7.97. The number of aryl methyl sites for hydroxylation is 1. The van der Waals surface area contributed by atoms with Crippen molar-refractivity contribution in [3.8, 4) is 11.5 Å². The summed E-state index contributed by atoms with van der Waals surface area (Å²) in [7, 11) is 1.41. The zero-order valence-electron chi connectivity index (χ0n) is 23.1. The minimum Gasteiger partial charge on any atom is -0.465 e. The van der Waals surface area contributed by atoms with E-state index in [1.807, 2.05) is 36.4 Å². The number of hydrogen-bond acceptors (Lipinski definition) is 4. The smallest absolute Gasteiger partial charge is 0.338 e. The Morgan fingerprint density at radius 1 is 0.949 bits per heavy atom. The Morgan fingerprint density at radius 3 is 2.54 bits per heavy atom. The topological polar surface area (TPSA) is 47.6 Å². The van der Waals surface area contributed by atoms with Crippen LogP contribution >= 0.6 is 0 Å². The third kappa shape index (κ3) is 5.07. The van der Waals surface area contributed by atoms with Crippen LogP contribution in [0.2, 0.25) is 0 Å². The molecule has 4 aromatic carbocycles. The number of nitrogens with one attached hydrogen (secondary N) is 1. The number of carbonyl (C=O) groups excluding carboxylic acids is 1. The fraction of sp³-hybridized carbons (Fsp3) is 0.229. The normalized spacial score (nSPS) is 12.7. The lowest BCUT2D eigenvalue weighted by atomic mass is 9.89. The van der Waals surface area contributed by atoms with Crippen molar-refractivity contribution in [3.63, 3.8) is 0 Å². The molecule has 1 heterocycles. The largest absolute Gasteiger partial charge is 0.465 e. The summed E-state index contributed by atoms with van der Waals surface area (Å²) in [6.45, 7) is 10.8. The van der Waals surface area contributed by atoms with Gasteiger partial charge in [0.15, 0.2) is 0 Å². The van der Waals surface area contributed by atoms with Crippen LogP contribution in [0, 0.1) is 0 Å². The van der Waals surface area contributed by atoms with Crippen LogP contribution in [0.5, 0.6) is 11.5 Å². The maximum absolute atomic E-state index is 12.7. The Labute approximate surface area is 230 Å². The number of anilines is 2. The maximum atomic E-state index is 12.7. The lowest BCUT2D eigenvalue weighted by Gasteiger charge is -2.24. The van der Waals surface area contributed by atoms with Gasteiger partial charge in [-0.15, -0.1) is 0 Å². The first kappa shape index (κ1) is 26.3. The fourth-order valence-electron chi connectivity index (χ4n) is 5.32. The molecule has 4 heteroatoms. The van der Waals surface area contributed by atoms with E-state index in [1.54, 1.807) is 6.07 Å². The summed E-state index contributed by atoms with van der Waals surface area (Å²) in [6, 6.07) is 26.3. The third-order valence-electron chi connectivity index (χ3n) is 7.50. The first-order chi connectivity index (χ1) is 18.9. The molecule has 1 atom stereocenters. The average molecular weight is 518 g/mol. The van der Waals surface area contributed by atoms with Crippen molar-refractivity contribution in [2.24, 2.45) is 0 Å². The molecule has 0 fully saturated rings. The molecule has 0 saturated carbocycles. The molecule has 0 spiro atoms. The van der Waals surface area contributed by atoms with Crippen LogP contribution in [-0.4, -0.2) is 13.1 Å². The molecule has 0 saturated heterocycles. The summed E-state index contributed by atoms with van der Waals surface area (Å²) in [5.74, 6) is 1.51. The van der Waals surface area contributed by atoms with E-state index < -0.39 is 0 Å². The van der Waals surface area contributed by atoms with Crippen LogP contribution in [0.25, 0.3) is 12.2 Å². The molecule has 4 aromatic rings. The molecule has 5 rings (SSSR count). The van der Waals surface area contributed by atoms with Crippen molar-refractivity contribution in [2.75, 3.05) is 12.4 Å². The van der Waals surface area contributed by atoms with Crippen LogP contribution in [0.3, 0.4) is 0 Å². The highest BCUT2D eigenvalue weighted by molar-refractivity contribution is 5.99. The molecule has 4 nitrogen and oxygen atoms in total. The molecule has 39 heavy (non-hydrogen) atoms. The van der Waals surface area contributed by atoms with Gasteiger partial charge in [0.1, 0.15) is 11.5 Å². The number of para-hydroxylation sites is 1. The van der Waals surface area contributed by atoms with Gasteiger partial charge in [0.05, 0.1) is 12.7 Å². The van der Waals surface area contributed by atoms with Gasteiger partial charge >= 0.3 is 5.97 Å². The van der Waals surface area contributed by atoms with E-state index in [0.717, 1.165) is 57.8 Å². The predicted octanol–water partition coefficient (Wildman–Crippen LogP) is 7.45. The van der Waals surface area contributed by atoms with Gasteiger partial charge in [-0.25, -0.2) is 4.79 Å². The van der Waals surface area contributed by atoms with Crippen LogP contribution in [0.15, 0.2) is 78.9 Å². The van der Waals surface area contributed by atoms with E-state index in [0.29, 0.717) is 17.2 Å². The molecule has 0 amide bonds. The van der Waals surface area contributed by atoms with Crippen molar-refractivity contribution >= 4 is 29.5 Å². The van der Waals surface area contributed by atoms with Gasteiger partial charge in [-0.2, -0.15) is 0 Å². The molecule has 0 aromatic heterocycles. The van der Waals surface area contributed by atoms with Gasteiger partial charge in [0, 0.05) is 33.8 Å². The number of fused-ring (bicyclic) bond motifs is 2. The number of esters is 1. The molecule has 0 aliphatic carbocycles. The quantitative estimate of drug-likeness (QED) is 0.217. The highest BCUT2D eigenvalue weighted by Crippen LogP contribution is 2.40. The van der Waals surface area contributed by atoms with Crippen molar-refractivity contribution < 1.29 is 14.3 Å². The van der Waals surface area contributed by atoms with Crippen LogP contribution < -0.4 is 20.5 Å². The standard InChI is InChI=1S/C35H35NO3/c1-6-11-24-12-10-15-26(23(4)7-2)34(24)36-25-17-19-30-32(21-25)39-31-20-22(3)16-18-29(31)33(30)27-13-8-9-14-28(27)35(37)38-5/h8-10,12-21,23,36H,3,6-7,11H2,1-2,4-5H3. The van der Waals surface area contributed by atoms with Crippen molar-refractivity contribution in [3.05, 3.63) is 117 Å². The Kier molecular flexibility index (Phi) is 7.56. The molecule has 1 aliphatic rings. The Hall–Kier alpha value is -4.31. The second-order valence-corrected chi connectivity index (χ2v) is 10.1. The van der Waals surface area contributed by atoms with E-state index in [4.69, 9.17) is 9.47 Å². The second kappa shape index (κ2) is 11.2. The monoisotopic (exact) mass is 517 g/mol. The number of rotatable bonds is 8. The molecule has 1 aliphatic heterocycles. The maximum Gasteiger partial charge on any atom is 0.338 e. The van der Waals surface area contributed by atoms with Gasteiger partial charge in [0.2, 0.25) is 0 Å². The summed E-state index contributed by atoms with van der Waals surface area (Å²) in [5, 5.41) is 5.52. The number of carbonyl (C=O) groups is 1. The first-order valence-electron chi connectivity index (χ1n) is 13.7. The average Bonchev–Trinajstić information content (AvgIpc) is 2.96. The molecule has 0 bridgehead atoms. The molecule has 1 unspecified atom stereocenters. The fourth-order valence-corrected chi connectivity index (χ4v) is 5.32. The number of ether oxygens (including phenoxy) is 2. The number of methoxy groups -OCH3 is 1. The van der Waals surface area contributed by atoms with Gasteiger partial charge < -0.3 is 14.8 Å². The Bertz CT molecular complexity index is 1650. The Balaban J connectivity index is 1.67. The number of benzene rings is 4. The van der Waals surface area contributed by atoms with E-state index in [2.05, 4.69) is 69.1 Å². The molecule has 0 radical (unpaired) electrons. The molecular weight excluding hydrogens is 482 g/mol. The van der Waals surface area contributed by atoms with E-state index in [1.165, 1.54) is 23.9 Å². The van der Waals surface area contributed by atoms with Crippen LogP contribution in [0.4, 0.5) is 11.4 Å². The van der Waals surface area contributed by atoms with Crippen LogP contribution in [0.1, 0.15) is 72.1 Å². The zero-order valence-corrected chi connectivity index (χ0v) is 23.1. The summed E-state index contributed by atoms with van der Waals surface area (Å²) in [6.07, 6.45) is 3.16. The zero-order chi connectivity index (χ0) is 27.5. The van der Waals surface area contributed by atoms with Crippen molar-refractivity contribution in [2.45, 2.75) is 46.0 Å². The van der Waals surface area contributed by atoms with Crippen LogP contribution in [-0.2, 0) is 11.2 Å². The van der Waals surface area contributed by atoms with Crippen molar-refractivity contribution in [1.29, 1.82) is 0 Å². The summed E-state index contributed by atoms with van der Waals surface area (Å²) >= 11 is 0. The SMILES string of the molecule is C=c1ccc2c(c1)Oc1cc(Nc3c(CCC)cccc3C(C)CC)ccc1C=2c1ccccc1C(=O)OC. The summed E-state index contributed by atoms with van der Waals surface area (Å²) < 4.78 is 11.6. The predicted molar refractivity (Wildman–Crippen MR) is 160 cm³/mol.